The molecule has 1 saturated heterocycles. The number of nitrogens with zero attached hydrogens (tertiary/aromatic N) is 4. The topological polar surface area (TPSA) is 72.1 Å². The molecule has 4 heterocycles. The van der Waals surface area contributed by atoms with Crippen LogP contribution in [-0.2, 0) is 6.42 Å². The van der Waals surface area contributed by atoms with Crippen LogP contribution in [0.15, 0.2) is 28.2 Å². The summed E-state index contributed by atoms with van der Waals surface area (Å²) in [5.41, 5.74) is 6.33. The van der Waals surface area contributed by atoms with Crippen molar-refractivity contribution < 1.29 is 9.32 Å². The number of hydrogen-bond donors (Lipinski definition) is 0. The maximum atomic E-state index is 12.7. The molecule has 27 heavy (non-hydrogen) atoms. The van der Waals surface area contributed by atoms with Gasteiger partial charge in [-0.1, -0.05) is 11.2 Å². The van der Waals surface area contributed by atoms with E-state index < -0.39 is 0 Å². The van der Waals surface area contributed by atoms with Crippen molar-refractivity contribution >= 4 is 17.2 Å². The van der Waals surface area contributed by atoms with Crippen molar-refractivity contribution in [3.8, 4) is 11.3 Å². The van der Waals surface area contributed by atoms with Crippen molar-refractivity contribution in [2.45, 2.75) is 33.6 Å². The summed E-state index contributed by atoms with van der Waals surface area (Å²) in [6, 6.07) is 6.08. The highest BCUT2D eigenvalue weighted by Crippen LogP contribution is 2.27. The van der Waals surface area contributed by atoms with Crippen molar-refractivity contribution in [1.82, 2.24) is 20.0 Å². The number of carbonyl (C=O) groups excluding carboxylic acids is 1. The minimum absolute atomic E-state index is 0.106. The Morgan fingerprint density at radius 3 is 2.85 bits per heavy atom. The zero-order chi connectivity index (χ0) is 19.0. The van der Waals surface area contributed by atoms with Crippen LogP contribution < -0.4 is 0 Å². The number of pyridine rings is 1. The van der Waals surface area contributed by atoms with E-state index in [1.165, 1.54) is 11.3 Å². The van der Waals surface area contributed by atoms with E-state index in [4.69, 9.17) is 9.51 Å². The van der Waals surface area contributed by atoms with E-state index in [0.717, 1.165) is 64.9 Å². The quantitative estimate of drug-likeness (QED) is 0.686. The van der Waals surface area contributed by atoms with Crippen molar-refractivity contribution in [3.63, 3.8) is 0 Å². The molecular formula is C20H22N4O2S. The normalized spacial score (nSPS) is 16.9. The van der Waals surface area contributed by atoms with Crippen LogP contribution in [0.25, 0.3) is 11.3 Å². The summed E-state index contributed by atoms with van der Waals surface area (Å²) in [6.45, 7) is 7.30. The van der Waals surface area contributed by atoms with Crippen LogP contribution in [-0.4, -0.2) is 39.0 Å². The second kappa shape index (κ2) is 7.23. The summed E-state index contributed by atoms with van der Waals surface area (Å²) in [7, 11) is 0. The molecule has 1 fully saturated rings. The lowest BCUT2D eigenvalue weighted by molar-refractivity contribution is 0.0791. The van der Waals surface area contributed by atoms with Gasteiger partial charge in [0.2, 0.25) is 0 Å². The summed E-state index contributed by atoms with van der Waals surface area (Å²) in [4.78, 5) is 24.4. The molecule has 3 aromatic heterocycles. The number of aromatic nitrogens is 3. The Kier molecular flexibility index (Phi) is 4.78. The van der Waals surface area contributed by atoms with Crippen LogP contribution in [0.2, 0.25) is 0 Å². The molecule has 3 aromatic rings. The first-order chi connectivity index (χ1) is 13.0. The van der Waals surface area contributed by atoms with E-state index in [0.29, 0.717) is 5.92 Å². The van der Waals surface area contributed by atoms with Crippen LogP contribution >= 0.6 is 11.3 Å². The lowest BCUT2D eigenvalue weighted by Gasteiger charge is -2.16. The molecule has 0 aromatic carbocycles. The second-order valence-corrected chi connectivity index (χ2v) is 7.94. The van der Waals surface area contributed by atoms with Crippen LogP contribution in [0.4, 0.5) is 0 Å². The zero-order valence-corrected chi connectivity index (χ0v) is 16.5. The van der Waals surface area contributed by atoms with E-state index >= 15 is 0 Å². The Balaban J connectivity index is 1.46. The van der Waals surface area contributed by atoms with Crippen LogP contribution in [0.1, 0.15) is 38.9 Å². The fourth-order valence-electron chi connectivity index (χ4n) is 3.71. The van der Waals surface area contributed by atoms with Gasteiger partial charge in [-0.2, -0.15) is 0 Å². The molecule has 0 N–H and O–H groups in total. The van der Waals surface area contributed by atoms with Gasteiger partial charge in [-0.25, -0.2) is 4.98 Å². The van der Waals surface area contributed by atoms with Gasteiger partial charge in [-0.15, -0.1) is 11.3 Å². The molecule has 7 heteroatoms. The summed E-state index contributed by atoms with van der Waals surface area (Å²) in [5, 5.41) is 4.02. The number of carbonyl (C=O) groups is 1. The van der Waals surface area contributed by atoms with E-state index in [1.54, 1.807) is 5.51 Å². The van der Waals surface area contributed by atoms with Gasteiger partial charge in [0.05, 0.1) is 28.2 Å². The average Bonchev–Trinajstić information content (AvgIpc) is 3.36. The number of likely N-dealkylation sites (tertiary alicyclic amines) is 1. The lowest BCUT2D eigenvalue weighted by Crippen LogP contribution is -2.28. The Hall–Kier alpha value is -2.54. The third-order valence-corrected chi connectivity index (χ3v) is 6.02. The van der Waals surface area contributed by atoms with Crippen molar-refractivity contribution in [1.29, 1.82) is 0 Å². The Bertz CT molecular complexity index is 959. The van der Waals surface area contributed by atoms with E-state index in [1.807, 2.05) is 37.8 Å². The molecule has 1 amide bonds. The van der Waals surface area contributed by atoms with Crippen LogP contribution in [0.3, 0.4) is 0 Å². The summed E-state index contributed by atoms with van der Waals surface area (Å²) in [6.07, 6.45) is 1.86. The highest BCUT2D eigenvalue weighted by molar-refractivity contribution is 7.11. The fraction of sp³-hybridized carbons (Fsp3) is 0.400. The van der Waals surface area contributed by atoms with Crippen molar-refractivity contribution in [3.05, 3.63) is 51.4 Å². The van der Waals surface area contributed by atoms with Gasteiger partial charge >= 0.3 is 0 Å². The van der Waals surface area contributed by atoms with E-state index in [9.17, 15) is 4.79 Å². The smallest absolute Gasteiger partial charge is 0.265 e. The third kappa shape index (κ3) is 3.51. The van der Waals surface area contributed by atoms with Gasteiger partial charge < -0.3 is 9.42 Å². The zero-order valence-electron chi connectivity index (χ0n) is 15.7. The summed E-state index contributed by atoms with van der Waals surface area (Å²) < 4.78 is 5.27. The van der Waals surface area contributed by atoms with Crippen molar-refractivity contribution in [2.24, 2.45) is 5.92 Å². The van der Waals surface area contributed by atoms with Gasteiger partial charge in [-0.05, 0) is 51.7 Å². The summed E-state index contributed by atoms with van der Waals surface area (Å²) >= 11 is 1.42. The van der Waals surface area contributed by atoms with Crippen LogP contribution in [0, 0.1) is 26.7 Å². The van der Waals surface area contributed by atoms with E-state index in [2.05, 4.69) is 16.2 Å². The van der Waals surface area contributed by atoms with Gasteiger partial charge in [-0.3, -0.25) is 9.78 Å². The first kappa shape index (κ1) is 17.9. The van der Waals surface area contributed by atoms with E-state index in [-0.39, 0.29) is 5.91 Å². The number of hydrogen-bond acceptors (Lipinski definition) is 6. The van der Waals surface area contributed by atoms with Gasteiger partial charge in [0.15, 0.2) is 0 Å². The number of amides is 1. The van der Waals surface area contributed by atoms with Gasteiger partial charge in [0, 0.05) is 18.8 Å². The lowest BCUT2D eigenvalue weighted by atomic mass is 10.0. The minimum Gasteiger partial charge on any atom is -0.361 e. The monoisotopic (exact) mass is 382 g/mol. The molecule has 0 aliphatic carbocycles. The third-order valence-electron chi connectivity index (χ3n) is 5.11. The minimum atomic E-state index is 0.106. The molecule has 0 spiro atoms. The molecular weight excluding hydrogens is 360 g/mol. The maximum Gasteiger partial charge on any atom is 0.265 e. The molecule has 140 valence electrons. The molecule has 1 unspecified atom stereocenters. The predicted octanol–water partition coefficient (Wildman–Crippen LogP) is 3.82. The highest BCUT2D eigenvalue weighted by Gasteiger charge is 2.29. The van der Waals surface area contributed by atoms with Gasteiger partial charge in [0.1, 0.15) is 10.6 Å². The molecule has 4 rings (SSSR count). The summed E-state index contributed by atoms with van der Waals surface area (Å²) in [5.74, 6) is 1.32. The first-order valence-corrected chi connectivity index (χ1v) is 9.99. The Morgan fingerprint density at radius 1 is 1.30 bits per heavy atom. The molecule has 1 atom stereocenters. The molecule has 6 nitrogen and oxygen atoms in total. The standard InChI is InChI=1S/C20H22N4O2S/c1-12-18(14(3)26-23-12)17-6-4-5-16(22-17)9-15-7-8-24(10-15)20(25)19-13(2)21-11-27-19/h4-6,11,15H,7-10H2,1-3H3. The fourth-order valence-corrected chi connectivity index (χ4v) is 4.48. The van der Waals surface area contributed by atoms with Crippen LogP contribution in [0.5, 0.6) is 0 Å². The SMILES string of the molecule is Cc1ncsc1C(=O)N1CCC(Cc2cccc(-c3c(C)noc3C)n2)C1. The largest absolute Gasteiger partial charge is 0.361 e. The molecule has 0 radical (unpaired) electrons. The molecule has 0 bridgehead atoms. The second-order valence-electron chi connectivity index (χ2n) is 7.09. The Labute approximate surface area is 162 Å². The molecule has 1 aliphatic heterocycles. The highest BCUT2D eigenvalue weighted by atomic mass is 32.1. The maximum absolute atomic E-state index is 12.7. The predicted molar refractivity (Wildman–Crippen MR) is 104 cm³/mol. The average molecular weight is 382 g/mol. The molecule has 1 aliphatic rings. The number of rotatable bonds is 4. The first-order valence-electron chi connectivity index (χ1n) is 9.11. The number of aryl methyl sites for hydroxylation is 3. The molecule has 0 saturated carbocycles. The Morgan fingerprint density at radius 2 is 2.15 bits per heavy atom. The van der Waals surface area contributed by atoms with Gasteiger partial charge in [0.25, 0.3) is 5.91 Å². The van der Waals surface area contributed by atoms with Crippen molar-refractivity contribution in [2.75, 3.05) is 13.1 Å². The number of thiazole rings is 1.